The van der Waals surface area contributed by atoms with Crippen molar-refractivity contribution < 1.29 is 14.8 Å². The lowest BCUT2D eigenvalue weighted by atomic mass is 10.0. The summed E-state index contributed by atoms with van der Waals surface area (Å²) in [7, 11) is 1.60. The molecule has 0 aliphatic carbocycles. The average Bonchev–Trinajstić information content (AvgIpc) is 3.09. The average molecular weight is 342 g/mol. The Morgan fingerprint density at radius 2 is 2.16 bits per heavy atom. The molecule has 0 bridgehead atoms. The number of benzene rings is 2. The summed E-state index contributed by atoms with van der Waals surface area (Å²) in [5, 5.41) is 20.5. The zero-order valence-corrected chi connectivity index (χ0v) is 14.2. The third-order valence-corrected chi connectivity index (χ3v) is 4.73. The SMILES string of the molecule is COc1ccc(CN2CCC[C@H]2CO)cc1-c1cccc([N+](=O)[O-])c1. The van der Waals surface area contributed by atoms with Crippen molar-refractivity contribution in [3.05, 3.63) is 58.1 Å². The van der Waals surface area contributed by atoms with Crippen LogP contribution in [0.2, 0.25) is 0 Å². The zero-order chi connectivity index (χ0) is 17.8. The highest BCUT2D eigenvalue weighted by Crippen LogP contribution is 2.33. The van der Waals surface area contributed by atoms with Crippen LogP contribution in [0.3, 0.4) is 0 Å². The third-order valence-electron chi connectivity index (χ3n) is 4.73. The molecule has 2 aromatic rings. The molecular formula is C19H22N2O4. The van der Waals surface area contributed by atoms with E-state index >= 15 is 0 Å². The van der Waals surface area contributed by atoms with E-state index in [0.717, 1.165) is 42.6 Å². The van der Waals surface area contributed by atoms with E-state index in [4.69, 9.17) is 4.74 Å². The van der Waals surface area contributed by atoms with Gasteiger partial charge in [0.2, 0.25) is 0 Å². The fourth-order valence-corrected chi connectivity index (χ4v) is 3.41. The lowest BCUT2D eigenvalue weighted by Gasteiger charge is -2.23. The van der Waals surface area contributed by atoms with Crippen LogP contribution in [0, 0.1) is 10.1 Å². The minimum absolute atomic E-state index is 0.0600. The Morgan fingerprint density at radius 1 is 1.32 bits per heavy atom. The maximum Gasteiger partial charge on any atom is 0.270 e. The predicted octanol–water partition coefficient (Wildman–Crippen LogP) is 3.23. The number of ether oxygens (including phenoxy) is 1. The summed E-state index contributed by atoms with van der Waals surface area (Å²) in [4.78, 5) is 12.9. The molecule has 3 rings (SSSR count). The van der Waals surface area contributed by atoms with Gasteiger partial charge in [0.25, 0.3) is 5.69 Å². The second-order valence-corrected chi connectivity index (χ2v) is 6.29. The molecule has 1 fully saturated rings. The molecule has 1 aliphatic rings. The van der Waals surface area contributed by atoms with Crippen LogP contribution in [0.15, 0.2) is 42.5 Å². The summed E-state index contributed by atoms with van der Waals surface area (Å²) in [5.74, 6) is 0.685. The number of hydrogen-bond donors (Lipinski definition) is 1. The van der Waals surface area contributed by atoms with Crippen molar-refractivity contribution in [2.45, 2.75) is 25.4 Å². The number of rotatable bonds is 6. The normalized spacial score (nSPS) is 17.6. The molecule has 0 aromatic heterocycles. The number of likely N-dealkylation sites (tertiary alicyclic amines) is 1. The molecule has 6 heteroatoms. The van der Waals surface area contributed by atoms with Gasteiger partial charge in [0.15, 0.2) is 0 Å². The van der Waals surface area contributed by atoms with E-state index in [0.29, 0.717) is 5.75 Å². The van der Waals surface area contributed by atoms with Crippen LogP contribution in [0.4, 0.5) is 5.69 Å². The van der Waals surface area contributed by atoms with Crippen LogP contribution in [-0.4, -0.2) is 41.2 Å². The fourth-order valence-electron chi connectivity index (χ4n) is 3.41. The van der Waals surface area contributed by atoms with E-state index in [1.165, 1.54) is 6.07 Å². The Bertz CT molecular complexity index is 763. The fraction of sp³-hybridized carbons (Fsp3) is 0.368. The van der Waals surface area contributed by atoms with Gasteiger partial charge < -0.3 is 9.84 Å². The Balaban J connectivity index is 1.93. The molecule has 1 saturated heterocycles. The first kappa shape index (κ1) is 17.4. The molecule has 1 atom stereocenters. The predicted molar refractivity (Wildman–Crippen MR) is 95.6 cm³/mol. The van der Waals surface area contributed by atoms with Crippen LogP contribution in [0.5, 0.6) is 5.75 Å². The lowest BCUT2D eigenvalue weighted by Crippen LogP contribution is -2.31. The molecule has 0 radical (unpaired) electrons. The van der Waals surface area contributed by atoms with E-state index in [9.17, 15) is 15.2 Å². The molecule has 0 spiro atoms. The van der Waals surface area contributed by atoms with Crippen LogP contribution >= 0.6 is 0 Å². The molecule has 0 unspecified atom stereocenters. The molecular weight excluding hydrogens is 320 g/mol. The number of aliphatic hydroxyl groups is 1. The number of methoxy groups -OCH3 is 1. The summed E-state index contributed by atoms with van der Waals surface area (Å²) in [6, 6.07) is 12.7. The first-order valence-electron chi connectivity index (χ1n) is 8.39. The summed E-state index contributed by atoms with van der Waals surface area (Å²) in [6.07, 6.45) is 2.11. The first-order valence-corrected chi connectivity index (χ1v) is 8.39. The van der Waals surface area contributed by atoms with E-state index in [1.807, 2.05) is 24.3 Å². The van der Waals surface area contributed by atoms with Gasteiger partial charge in [-0.15, -0.1) is 0 Å². The van der Waals surface area contributed by atoms with Gasteiger partial charge in [-0.3, -0.25) is 15.0 Å². The summed E-state index contributed by atoms with van der Waals surface area (Å²) in [6.45, 7) is 1.90. The van der Waals surface area contributed by atoms with Crippen LogP contribution in [0.25, 0.3) is 11.1 Å². The minimum atomic E-state index is -0.393. The molecule has 2 aromatic carbocycles. The monoisotopic (exact) mass is 342 g/mol. The van der Waals surface area contributed by atoms with Gasteiger partial charge in [0.1, 0.15) is 5.75 Å². The zero-order valence-electron chi connectivity index (χ0n) is 14.2. The van der Waals surface area contributed by atoms with Gasteiger partial charge in [-0.1, -0.05) is 18.2 Å². The molecule has 1 aliphatic heterocycles. The van der Waals surface area contributed by atoms with E-state index in [1.54, 1.807) is 19.2 Å². The van der Waals surface area contributed by atoms with Crippen molar-refractivity contribution >= 4 is 5.69 Å². The summed E-state index contributed by atoms with van der Waals surface area (Å²) >= 11 is 0. The van der Waals surface area contributed by atoms with Crippen LogP contribution in [-0.2, 0) is 6.54 Å². The Hall–Kier alpha value is -2.44. The highest BCUT2D eigenvalue weighted by molar-refractivity contribution is 5.73. The summed E-state index contributed by atoms with van der Waals surface area (Å²) in [5.41, 5.74) is 2.75. The lowest BCUT2D eigenvalue weighted by molar-refractivity contribution is -0.384. The smallest absolute Gasteiger partial charge is 0.270 e. The largest absolute Gasteiger partial charge is 0.496 e. The Kier molecular flexibility index (Phi) is 5.31. The maximum atomic E-state index is 11.0. The number of aliphatic hydroxyl groups excluding tert-OH is 1. The minimum Gasteiger partial charge on any atom is -0.496 e. The highest BCUT2D eigenvalue weighted by Gasteiger charge is 2.24. The van der Waals surface area contributed by atoms with Gasteiger partial charge in [-0.2, -0.15) is 0 Å². The molecule has 0 saturated carbocycles. The van der Waals surface area contributed by atoms with E-state index in [2.05, 4.69) is 4.90 Å². The van der Waals surface area contributed by atoms with E-state index < -0.39 is 4.92 Å². The van der Waals surface area contributed by atoms with Crippen molar-refractivity contribution in [3.8, 4) is 16.9 Å². The van der Waals surface area contributed by atoms with Crippen molar-refractivity contribution in [1.29, 1.82) is 0 Å². The number of hydrogen-bond acceptors (Lipinski definition) is 5. The van der Waals surface area contributed by atoms with Gasteiger partial charge in [-0.25, -0.2) is 0 Å². The summed E-state index contributed by atoms with van der Waals surface area (Å²) < 4.78 is 5.44. The molecule has 25 heavy (non-hydrogen) atoms. The van der Waals surface area contributed by atoms with Crippen LogP contribution < -0.4 is 4.74 Å². The second-order valence-electron chi connectivity index (χ2n) is 6.29. The quantitative estimate of drug-likeness (QED) is 0.644. The number of nitrogens with zero attached hydrogens (tertiary/aromatic N) is 2. The Morgan fingerprint density at radius 3 is 2.88 bits per heavy atom. The molecule has 1 N–H and O–H groups in total. The van der Waals surface area contributed by atoms with Gasteiger partial charge >= 0.3 is 0 Å². The molecule has 0 amide bonds. The Labute approximate surface area is 146 Å². The van der Waals surface area contributed by atoms with E-state index in [-0.39, 0.29) is 18.3 Å². The third kappa shape index (κ3) is 3.81. The van der Waals surface area contributed by atoms with Gasteiger partial charge in [0, 0.05) is 30.3 Å². The topological polar surface area (TPSA) is 75.8 Å². The van der Waals surface area contributed by atoms with Crippen LogP contribution in [0.1, 0.15) is 18.4 Å². The molecule has 1 heterocycles. The van der Waals surface area contributed by atoms with Gasteiger partial charge in [0.05, 0.1) is 18.6 Å². The highest BCUT2D eigenvalue weighted by atomic mass is 16.6. The second kappa shape index (κ2) is 7.63. The van der Waals surface area contributed by atoms with Crippen molar-refractivity contribution in [1.82, 2.24) is 4.90 Å². The van der Waals surface area contributed by atoms with Crippen molar-refractivity contribution in [2.24, 2.45) is 0 Å². The molecule has 6 nitrogen and oxygen atoms in total. The van der Waals surface area contributed by atoms with Crippen molar-refractivity contribution in [3.63, 3.8) is 0 Å². The first-order chi connectivity index (χ1) is 12.1. The number of nitro groups is 1. The molecule has 132 valence electrons. The van der Waals surface area contributed by atoms with Crippen molar-refractivity contribution in [2.75, 3.05) is 20.3 Å². The number of nitro benzene ring substituents is 1. The number of non-ortho nitro benzene ring substituents is 1. The van der Waals surface area contributed by atoms with Gasteiger partial charge in [-0.05, 0) is 42.6 Å². The standard InChI is InChI=1S/C19H22N2O4/c1-25-19-8-7-14(12-20-9-3-6-17(20)13-22)10-18(19)15-4-2-5-16(11-15)21(23)24/h2,4-5,7-8,10-11,17,22H,3,6,9,12-13H2,1H3/t17-/m0/s1. The maximum absolute atomic E-state index is 11.0.